The average Bonchev–Trinajstić information content (AvgIpc) is 2.94. The van der Waals surface area contributed by atoms with E-state index >= 15 is 0 Å². The Hall–Kier alpha value is -3.48. The fraction of sp³-hybridized carbons (Fsp3) is 0.484. The molecule has 1 fully saturated rings. The lowest BCUT2D eigenvalue weighted by Gasteiger charge is -2.37. The Bertz CT molecular complexity index is 1060. The lowest BCUT2D eigenvalue weighted by molar-refractivity contribution is -0.141. The first kappa shape index (κ1) is 27.6. The molecule has 2 aromatic rings. The maximum absolute atomic E-state index is 13.5. The van der Waals surface area contributed by atoms with E-state index in [1.165, 1.54) is 6.42 Å². The van der Waals surface area contributed by atoms with E-state index < -0.39 is 0 Å². The van der Waals surface area contributed by atoms with Crippen LogP contribution in [0.4, 0.5) is 0 Å². The minimum Gasteiger partial charge on any atom is -0.462 e. The molecule has 2 aromatic heterocycles. The van der Waals surface area contributed by atoms with Gasteiger partial charge in [-0.25, -0.2) is 9.59 Å². The van der Waals surface area contributed by atoms with Crippen molar-refractivity contribution in [3.05, 3.63) is 82.7 Å². The third-order valence-electron chi connectivity index (χ3n) is 7.50. The lowest BCUT2D eigenvalue weighted by atomic mass is 9.71. The summed E-state index contributed by atoms with van der Waals surface area (Å²) in [5.41, 5.74) is 4.92. The molecule has 0 unspecified atom stereocenters. The quantitative estimate of drug-likeness (QED) is 0.312. The monoisotopic (exact) mass is 517 g/mol. The number of ether oxygens (including phenoxy) is 2. The fourth-order valence-electron chi connectivity index (χ4n) is 5.66. The van der Waals surface area contributed by atoms with Gasteiger partial charge in [0, 0.05) is 42.1 Å². The van der Waals surface area contributed by atoms with Gasteiger partial charge in [0.05, 0.1) is 24.4 Å². The molecule has 0 aromatic carbocycles. The van der Waals surface area contributed by atoms with Crippen LogP contribution in [0.1, 0.15) is 69.9 Å². The van der Waals surface area contributed by atoms with E-state index in [-0.39, 0.29) is 23.8 Å². The van der Waals surface area contributed by atoms with Gasteiger partial charge in [0.25, 0.3) is 0 Å². The molecular formula is C31H39N3O4. The topological polar surface area (TPSA) is 90.4 Å². The number of rotatable bonds is 11. The molecule has 0 spiro atoms. The molecule has 1 aliphatic carbocycles. The second-order valence-corrected chi connectivity index (χ2v) is 10.3. The number of allylic oxidation sites excluding steroid dienone is 2. The Balaban J connectivity index is 1.42. The minimum absolute atomic E-state index is 0.214. The SMILES string of the molecule is CC1=C(C(=O)OCCCc2cccnc2)C(C2CCCCC2)C(C(=O)OCCCc2cccnc2)=C(C)N1. The summed E-state index contributed by atoms with van der Waals surface area (Å²) in [5.74, 6) is -0.780. The summed E-state index contributed by atoms with van der Waals surface area (Å²) in [5, 5.41) is 3.28. The molecule has 0 amide bonds. The zero-order valence-corrected chi connectivity index (χ0v) is 22.6. The zero-order valence-electron chi connectivity index (χ0n) is 22.6. The molecule has 38 heavy (non-hydrogen) atoms. The molecule has 202 valence electrons. The first-order chi connectivity index (χ1) is 18.5. The number of carbonyl (C=O) groups is 2. The van der Waals surface area contributed by atoms with Crippen molar-refractivity contribution in [3.8, 4) is 0 Å². The summed E-state index contributed by atoms with van der Waals surface area (Å²) in [6.07, 6.45) is 15.5. The van der Waals surface area contributed by atoms with E-state index in [1.54, 1.807) is 12.4 Å². The normalized spacial score (nSPS) is 16.8. The number of aryl methyl sites for hydroxylation is 2. The summed E-state index contributed by atoms with van der Waals surface area (Å²) in [4.78, 5) is 35.2. The largest absolute Gasteiger partial charge is 0.462 e. The third kappa shape index (κ3) is 7.30. The van der Waals surface area contributed by atoms with Gasteiger partial charge < -0.3 is 14.8 Å². The number of dihydropyridines is 1. The molecule has 3 heterocycles. The Morgan fingerprint density at radius 2 is 1.32 bits per heavy atom. The van der Waals surface area contributed by atoms with E-state index in [1.807, 2.05) is 50.5 Å². The van der Waals surface area contributed by atoms with Crippen LogP contribution in [0.5, 0.6) is 0 Å². The number of nitrogens with zero attached hydrogens (tertiary/aromatic N) is 2. The molecule has 4 rings (SSSR count). The second-order valence-electron chi connectivity index (χ2n) is 10.3. The standard InChI is InChI=1S/C31H39N3O4/c1-22-27(30(35)37-18-8-12-24-10-6-16-32-20-24)29(26-14-4-3-5-15-26)28(23(2)34-22)31(36)38-19-9-13-25-11-7-17-33-21-25/h6-7,10-11,16-17,20-21,26,29,34H,3-5,8-9,12-15,18-19H2,1-2H3. The van der Waals surface area contributed by atoms with Gasteiger partial charge in [-0.1, -0.05) is 31.4 Å². The van der Waals surface area contributed by atoms with Gasteiger partial charge in [-0.05, 0) is 81.5 Å². The van der Waals surface area contributed by atoms with Crippen molar-refractivity contribution in [2.24, 2.45) is 11.8 Å². The fourth-order valence-corrected chi connectivity index (χ4v) is 5.66. The summed E-state index contributed by atoms with van der Waals surface area (Å²) < 4.78 is 11.5. The van der Waals surface area contributed by atoms with Crippen LogP contribution < -0.4 is 5.32 Å². The van der Waals surface area contributed by atoms with Gasteiger partial charge in [0.1, 0.15) is 0 Å². The van der Waals surface area contributed by atoms with Crippen molar-refractivity contribution >= 4 is 11.9 Å². The van der Waals surface area contributed by atoms with Gasteiger partial charge in [-0.15, -0.1) is 0 Å². The highest BCUT2D eigenvalue weighted by Crippen LogP contribution is 2.42. The summed E-state index contributed by atoms with van der Waals surface area (Å²) in [6.45, 7) is 4.45. The van der Waals surface area contributed by atoms with Gasteiger partial charge >= 0.3 is 11.9 Å². The molecule has 7 nitrogen and oxygen atoms in total. The predicted molar refractivity (Wildman–Crippen MR) is 146 cm³/mol. The van der Waals surface area contributed by atoms with Crippen molar-refractivity contribution in [2.45, 2.75) is 71.6 Å². The van der Waals surface area contributed by atoms with Crippen LogP contribution in [-0.2, 0) is 31.9 Å². The summed E-state index contributed by atoms with van der Waals surface area (Å²) in [7, 11) is 0. The molecular weight excluding hydrogens is 478 g/mol. The summed E-state index contributed by atoms with van der Waals surface area (Å²) >= 11 is 0. The van der Waals surface area contributed by atoms with Crippen LogP contribution in [0.3, 0.4) is 0 Å². The van der Waals surface area contributed by atoms with Crippen LogP contribution >= 0.6 is 0 Å². The molecule has 2 aliphatic rings. The first-order valence-electron chi connectivity index (χ1n) is 13.8. The smallest absolute Gasteiger partial charge is 0.336 e. The second kappa shape index (κ2) is 13.9. The Labute approximate surface area is 225 Å². The van der Waals surface area contributed by atoms with Gasteiger partial charge in [0.15, 0.2) is 0 Å². The first-order valence-corrected chi connectivity index (χ1v) is 13.8. The molecule has 7 heteroatoms. The Morgan fingerprint density at radius 1 is 0.816 bits per heavy atom. The number of hydrogen-bond donors (Lipinski definition) is 1. The van der Waals surface area contributed by atoms with Crippen molar-refractivity contribution in [3.63, 3.8) is 0 Å². The molecule has 0 bridgehead atoms. The van der Waals surface area contributed by atoms with E-state index in [9.17, 15) is 9.59 Å². The molecule has 0 atom stereocenters. The van der Waals surface area contributed by atoms with E-state index in [2.05, 4.69) is 15.3 Å². The van der Waals surface area contributed by atoms with Crippen LogP contribution in [0, 0.1) is 11.8 Å². The van der Waals surface area contributed by atoms with E-state index in [0.29, 0.717) is 37.2 Å². The lowest BCUT2D eigenvalue weighted by Crippen LogP contribution is -2.38. The van der Waals surface area contributed by atoms with Gasteiger partial charge in [-0.2, -0.15) is 0 Å². The molecule has 1 N–H and O–H groups in total. The number of aromatic nitrogens is 2. The van der Waals surface area contributed by atoms with Crippen LogP contribution in [0.2, 0.25) is 0 Å². The highest BCUT2D eigenvalue weighted by Gasteiger charge is 2.41. The zero-order chi connectivity index (χ0) is 26.7. The van der Waals surface area contributed by atoms with Crippen LogP contribution in [-0.4, -0.2) is 35.1 Å². The van der Waals surface area contributed by atoms with Crippen molar-refractivity contribution in [2.75, 3.05) is 13.2 Å². The highest BCUT2D eigenvalue weighted by atomic mass is 16.5. The van der Waals surface area contributed by atoms with Crippen molar-refractivity contribution < 1.29 is 19.1 Å². The van der Waals surface area contributed by atoms with Crippen molar-refractivity contribution in [1.82, 2.24) is 15.3 Å². The Morgan fingerprint density at radius 3 is 1.76 bits per heavy atom. The van der Waals surface area contributed by atoms with E-state index in [4.69, 9.17) is 9.47 Å². The summed E-state index contributed by atoms with van der Waals surface area (Å²) in [6, 6.07) is 7.86. The number of carbonyl (C=O) groups excluding carboxylic acids is 2. The maximum Gasteiger partial charge on any atom is 0.336 e. The van der Waals surface area contributed by atoms with Crippen molar-refractivity contribution in [1.29, 1.82) is 0 Å². The average molecular weight is 518 g/mol. The maximum atomic E-state index is 13.5. The van der Waals surface area contributed by atoms with Gasteiger partial charge in [-0.3, -0.25) is 9.97 Å². The molecule has 1 saturated carbocycles. The van der Waals surface area contributed by atoms with E-state index in [0.717, 1.165) is 61.0 Å². The van der Waals surface area contributed by atoms with Crippen LogP contribution in [0.15, 0.2) is 71.6 Å². The predicted octanol–water partition coefficient (Wildman–Crippen LogP) is 5.48. The number of pyridine rings is 2. The third-order valence-corrected chi connectivity index (χ3v) is 7.50. The minimum atomic E-state index is -0.342. The number of nitrogens with one attached hydrogen (secondary N) is 1. The highest BCUT2D eigenvalue weighted by molar-refractivity contribution is 5.98. The van der Waals surface area contributed by atoms with Crippen LogP contribution in [0.25, 0.3) is 0 Å². The van der Waals surface area contributed by atoms with Gasteiger partial charge in [0.2, 0.25) is 0 Å². The Kier molecular flexibility index (Phi) is 10.1. The molecule has 0 saturated heterocycles. The number of esters is 2. The number of hydrogen-bond acceptors (Lipinski definition) is 7. The molecule has 1 aliphatic heterocycles. The molecule has 0 radical (unpaired) electrons.